The standard InChI is InChI=1S/C21H23Br2N3O2/c1-12-10-21(2,3)26(4)18-6-5-13(7-15(12)18)11-24-25-20(28)16-8-14(22)9-17(23)19(16)27/h5-9,11-12,27H,10H2,1-4H3,(H,25,28)/b24-11-/t12-/m1/s1. The van der Waals surface area contributed by atoms with Crippen LogP contribution in [-0.2, 0) is 0 Å². The number of phenolic OH excluding ortho intramolecular Hbond substituents is 1. The summed E-state index contributed by atoms with van der Waals surface area (Å²) in [4.78, 5) is 14.6. The highest BCUT2D eigenvalue weighted by atomic mass is 79.9. The van der Waals surface area contributed by atoms with Gasteiger partial charge in [-0.25, -0.2) is 5.43 Å². The van der Waals surface area contributed by atoms with Gasteiger partial charge < -0.3 is 10.0 Å². The van der Waals surface area contributed by atoms with Crippen molar-refractivity contribution < 1.29 is 9.90 Å². The Morgan fingerprint density at radius 1 is 1.32 bits per heavy atom. The van der Waals surface area contributed by atoms with Gasteiger partial charge in [-0.05, 0) is 77.5 Å². The average molecular weight is 509 g/mol. The summed E-state index contributed by atoms with van der Waals surface area (Å²) in [6.45, 7) is 6.75. The molecule has 3 rings (SSSR count). The first-order chi connectivity index (χ1) is 13.1. The van der Waals surface area contributed by atoms with Gasteiger partial charge in [0.1, 0.15) is 5.75 Å². The zero-order valence-corrected chi connectivity index (χ0v) is 19.4. The summed E-state index contributed by atoms with van der Waals surface area (Å²) >= 11 is 6.53. The minimum absolute atomic E-state index is 0.121. The third-order valence-corrected chi connectivity index (χ3v) is 6.37. The molecule has 1 aliphatic rings. The summed E-state index contributed by atoms with van der Waals surface area (Å²) in [6, 6.07) is 9.43. The molecule has 0 bridgehead atoms. The first-order valence-corrected chi connectivity index (χ1v) is 10.6. The summed E-state index contributed by atoms with van der Waals surface area (Å²) in [5, 5.41) is 14.1. The number of nitrogens with one attached hydrogen (secondary N) is 1. The molecule has 0 aliphatic carbocycles. The minimum atomic E-state index is -0.483. The van der Waals surface area contributed by atoms with Crippen molar-refractivity contribution in [3.63, 3.8) is 0 Å². The molecular weight excluding hydrogens is 486 g/mol. The molecule has 0 aromatic heterocycles. The zero-order valence-electron chi connectivity index (χ0n) is 16.3. The number of hydrazone groups is 1. The quantitative estimate of drug-likeness (QED) is 0.430. The van der Waals surface area contributed by atoms with E-state index in [0.29, 0.717) is 14.9 Å². The molecule has 1 heterocycles. The van der Waals surface area contributed by atoms with Crippen LogP contribution in [-0.4, -0.2) is 29.8 Å². The van der Waals surface area contributed by atoms with E-state index in [1.807, 2.05) is 6.07 Å². The Morgan fingerprint density at radius 2 is 2.04 bits per heavy atom. The lowest BCUT2D eigenvalue weighted by Crippen LogP contribution is -2.45. The summed E-state index contributed by atoms with van der Waals surface area (Å²) in [6.07, 6.45) is 2.69. The first kappa shape index (κ1) is 20.9. The van der Waals surface area contributed by atoms with Gasteiger partial charge in [0.25, 0.3) is 5.91 Å². The van der Waals surface area contributed by atoms with Gasteiger partial charge in [-0.1, -0.05) is 28.9 Å². The van der Waals surface area contributed by atoms with Crippen LogP contribution in [0.1, 0.15) is 54.6 Å². The number of carbonyl (C=O) groups is 1. The van der Waals surface area contributed by atoms with Crippen molar-refractivity contribution in [2.45, 2.75) is 38.6 Å². The van der Waals surface area contributed by atoms with Crippen molar-refractivity contribution in [3.05, 3.63) is 56.0 Å². The molecule has 0 saturated carbocycles. The molecule has 1 amide bonds. The summed E-state index contributed by atoms with van der Waals surface area (Å²) in [7, 11) is 2.13. The molecular formula is C21H23Br2N3O2. The second-order valence-corrected chi connectivity index (χ2v) is 9.55. The lowest BCUT2D eigenvalue weighted by Gasteiger charge is -2.45. The fraction of sp³-hybridized carbons (Fsp3) is 0.333. The van der Waals surface area contributed by atoms with Gasteiger partial charge in [0.05, 0.1) is 16.3 Å². The van der Waals surface area contributed by atoms with E-state index in [-0.39, 0.29) is 16.9 Å². The number of nitrogens with zero attached hydrogens (tertiary/aromatic N) is 2. The summed E-state index contributed by atoms with van der Waals surface area (Å²) in [5.41, 5.74) is 6.16. The van der Waals surface area contributed by atoms with Gasteiger partial charge >= 0.3 is 0 Å². The lowest BCUT2D eigenvalue weighted by atomic mass is 9.80. The van der Waals surface area contributed by atoms with Gasteiger partial charge in [-0.15, -0.1) is 0 Å². The highest BCUT2D eigenvalue weighted by Gasteiger charge is 2.33. The van der Waals surface area contributed by atoms with E-state index in [2.05, 4.69) is 87.2 Å². The van der Waals surface area contributed by atoms with Crippen LogP contribution in [0.2, 0.25) is 0 Å². The van der Waals surface area contributed by atoms with Gasteiger partial charge in [0.15, 0.2) is 0 Å². The maximum atomic E-state index is 12.3. The molecule has 0 saturated heterocycles. The SMILES string of the molecule is C[C@@H]1CC(C)(C)N(C)c2ccc(/C=N\NC(=O)c3cc(Br)cc(Br)c3O)cc21. The molecule has 2 aromatic carbocycles. The van der Waals surface area contributed by atoms with Crippen LogP contribution in [0.15, 0.2) is 44.4 Å². The topological polar surface area (TPSA) is 64.9 Å². The third kappa shape index (κ3) is 4.10. The normalized spacial score (nSPS) is 18.2. The predicted octanol–water partition coefficient (Wildman–Crippen LogP) is 5.40. The lowest BCUT2D eigenvalue weighted by molar-refractivity contribution is 0.0952. The Morgan fingerprint density at radius 3 is 2.75 bits per heavy atom. The van der Waals surface area contributed by atoms with E-state index in [1.54, 1.807) is 18.3 Å². The Balaban J connectivity index is 1.78. The minimum Gasteiger partial charge on any atom is -0.506 e. The van der Waals surface area contributed by atoms with Crippen LogP contribution in [0, 0.1) is 0 Å². The monoisotopic (exact) mass is 507 g/mol. The molecule has 0 unspecified atom stereocenters. The van der Waals surface area contributed by atoms with Crippen LogP contribution in [0.4, 0.5) is 5.69 Å². The number of phenols is 1. The Hall–Kier alpha value is -1.86. The van der Waals surface area contributed by atoms with Crippen molar-refractivity contribution in [2.24, 2.45) is 5.10 Å². The second-order valence-electron chi connectivity index (χ2n) is 7.78. The van der Waals surface area contributed by atoms with Crippen LogP contribution in [0.25, 0.3) is 0 Å². The number of benzene rings is 2. The number of rotatable bonds is 3. The number of hydrogen-bond acceptors (Lipinski definition) is 4. The third-order valence-electron chi connectivity index (χ3n) is 5.31. The van der Waals surface area contributed by atoms with E-state index >= 15 is 0 Å². The molecule has 1 aliphatic heterocycles. The fourth-order valence-electron chi connectivity index (χ4n) is 3.64. The van der Waals surface area contributed by atoms with Gasteiger partial charge in [-0.2, -0.15) is 5.10 Å². The van der Waals surface area contributed by atoms with Crippen molar-refractivity contribution >= 4 is 49.7 Å². The van der Waals surface area contributed by atoms with E-state index in [1.165, 1.54) is 11.3 Å². The summed E-state index contributed by atoms with van der Waals surface area (Å²) in [5.74, 6) is -0.159. The number of hydrogen-bond donors (Lipinski definition) is 2. The van der Waals surface area contributed by atoms with Gasteiger partial charge in [0.2, 0.25) is 0 Å². The molecule has 28 heavy (non-hydrogen) atoms. The molecule has 1 atom stereocenters. The fourth-order valence-corrected chi connectivity index (χ4v) is 4.87. The number of anilines is 1. The van der Waals surface area contributed by atoms with Crippen molar-refractivity contribution in [1.82, 2.24) is 5.43 Å². The Bertz CT molecular complexity index is 957. The molecule has 148 valence electrons. The van der Waals surface area contributed by atoms with Crippen molar-refractivity contribution in [3.8, 4) is 5.75 Å². The number of halogens is 2. The van der Waals surface area contributed by atoms with Crippen LogP contribution < -0.4 is 10.3 Å². The zero-order chi connectivity index (χ0) is 20.6. The predicted molar refractivity (Wildman–Crippen MR) is 121 cm³/mol. The Kier molecular flexibility index (Phi) is 5.87. The first-order valence-electron chi connectivity index (χ1n) is 8.99. The molecule has 2 N–H and O–H groups in total. The number of fused-ring (bicyclic) bond motifs is 1. The van der Waals surface area contributed by atoms with Crippen molar-refractivity contribution in [1.29, 1.82) is 0 Å². The molecule has 0 spiro atoms. The Labute approximate surface area is 182 Å². The smallest absolute Gasteiger partial charge is 0.275 e. The number of carbonyl (C=O) groups excluding carboxylic acids is 1. The van der Waals surface area contributed by atoms with Gasteiger partial charge in [0, 0.05) is 22.7 Å². The molecule has 5 nitrogen and oxygen atoms in total. The maximum Gasteiger partial charge on any atom is 0.275 e. The summed E-state index contributed by atoms with van der Waals surface area (Å²) < 4.78 is 1.12. The second kappa shape index (κ2) is 7.87. The van der Waals surface area contributed by atoms with Crippen LogP contribution >= 0.6 is 31.9 Å². The van der Waals surface area contributed by atoms with E-state index in [4.69, 9.17) is 0 Å². The van der Waals surface area contributed by atoms with E-state index in [9.17, 15) is 9.90 Å². The highest BCUT2D eigenvalue weighted by Crippen LogP contribution is 2.42. The van der Waals surface area contributed by atoms with E-state index < -0.39 is 5.91 Å². The molecule has 7 heteroatoms. The van der Waals surface area contributed by atoms with Gasteiger partial charge in [-0.3, -0.25) is 4.79 Å². The number of aromatic hydroxyl groups is 1. The molecule has 0 radical (unpaired) electrons. The average Bonchev–Trinajstić information content (AvgIpc) is 2.62. The number of amides is 1. The molecule has 0 fully saturated rings. The highest BCUT2D eigenvalue weighted by molar-refractivity contribution is 9.11. The van der Waals surface area contributed by atoms with Crippen LogP contribution in [0.5, 0.6) is 5.75 Å². The molecule has 2 aromatic rings. The largest absolute Gasteiger partial charge is 0.506 e. The van der Waals surface area contributed by atoms with E-state index in [0.717, 1.165) is 12.0 Å². The maximum absolute atomic E-state index is 12.3. The van der Waals surface area contributed by atoms with Crippen molar-refractivity contribution in [2.75, 3.05) is 11.9 Å². The van der Waals surface area contributed by atoms with Crippen LogP contribution in [0.3, 0.4) is 0 Å².